The molecule has 0 amide bonds. The van der Waals surface area contributed by atoms with Crippen molar-refractivity contribution in [3.05, 3.63) is 0 Å². The number of ether oxygens (including phenoxy) is 2. The lowest BCUT2D eigenvalue weighted by Crippen LogP contribution is -2.54. The maximum Gasteiger partial charge on any atom is 0.0939 e. The lowest BCUT2D eigenvalue weighted by molar-refractivity contribution is -0.103. The van der Waals surface area contributed by atoms with Crippen LogP contribution in [0.4, 0.5) is 0 Å². The van der Waals surface area contributed by atoms with Crippen LogP contribution in [0.25, 0.3) is 0 Å². The topological polar surface area (TPSA) is 56.5 Å². The van der Waals surface area contributed by atoms with Gasteiger partial charge in [-0.15, -0.1) is 0 Å². The molecule has 0 saturated carbocycles. The molecule has 0 aromatic rings. The van der Waals surface area contributed by atoms with Crippen LogP contribution in [0, 0.1) is 5.92 Å². The van der Waals surface area contributed by atoms with Crippen LogP contribution >= 0.6 is 23.5 Å². The van der Waals surface area contributed by atoms with Crippen LogP contribution < -0.4 is 11.3 Å². The summed E-state index contributed by atoms with van der Waals surface area (Å²) in [5, 5.41) is 0.645. The van der Waals surface area contributed by atoms with Gasteiger partial charge in [-0.3, -0.25) is 11.3 Å². The highest BCUT2D eigenvalue weighted by molar-refractivity contribution is 8.06. The summed E-state index contributed by atoms with van der Waals surface area (Å²) < 4.78 is 11.6. The molecular weight excluding hydrogens is 280 g/mol. The van der Waals surface area contributed by atoms with Crippen LogP contribution in [0.15, 0.2) is 0 Å². The zero-order valence-corrected chi connectivity index (χ0v) is 12.9. The minimum Gasteiger partial charge on any atom is -0.378 e. The number of hydrazine groups is 1. The number of hydrogen-bond acceptors (Lipinski definition) is 6. The minimum atomic E-state index is -0.00943. The Morgan fingerprint density at radius 3 is 2.95 bits per heavy atom. The van der Waals surface area contributed by atoms with Crippen LogP contribution in [0.5, 0.6) is 0 Å². The fourth-order valence-electron chi connectivity index (χ4n) is 3.50. The van der Waals surface area contributed by atoms with E-state index in [2.05, 4.69) is 28.9 Å². The number of rotatable bonds is 3. The average molecular weight is 304 g/mol. The predicted molar refractivity (Wildman–Crippen MR) is 81.5 cm³/mol. The SMILES string of the molecule is NNC(C1CCOC2(CCOC2)C1)C1CSCCS1. The van der Waals surface area contributed by atoms with Gasteiger partial charge in [-0.1, -0.05) is 0 Å². The molecule has 19 heavy (non-hydrogen) atoms. The maximum atomic E-state index is 6.03. The third-order valence-corrected chi connectivity index (χ3v) is 7.43. The van der Waals surface area contributed by atoms with Crippen molar-refractivity contribution in [2.24, 2.45) is 11.8 Å². The summed E-state index contributed by atoms with van der Waals surface area (Å²) in [5.41, 5.74) is 3.11. The number of hydrogen-bond donors (Lipinski definition) is 2. The Bertz CT molecular complexity index is 294. The van der Waals surface area contributed by atoms with Crippen molar-refractivity contribution in [2.45, 2.75) is 36.2 Å². The zero-order valence-electron chi connectivity index (χ0n) is 11.3. The Hall–Kier alpha value is 0.540. The molecule has 3 aliphatic rings. The second-order valence-electron chi connectivity index (χ2n) is 5.76. The lowest BCUT2D eigenvalue weighted by Gasteiger charge is -2.42. The normalized spacial score (nSPS) is 41.5. The Morgan fingerprint density at radius 1 is 1.32 bits per heavy atom. The molecule has 110 valence electrons. The Morgan fingerprint density at radius 2 is 2.26 bits per heavy atom. The van der Waals surface area contributed by atoms with E-state index in [0.717, 1.165) is 39.1 Å². The summed E-state index contributed by atoms with van der Waals surface area (Å²) in [5.74, 6) is 10.3. The van der Waals surface area contributed by atoms with Crippen molar-refractivity contribution < 1.29 is 9.47 Å². The molecule has 4 atom stereocenters. The summed E-state index contributed by atoms with van der Waals surface area (Å²) in [6.07, 6.45) is 3.27. The fraction of sp³-hybridized carbons (Fsp3) is 1.00. The van der Waals surface area contributed by atoms with Gasteiger partial charge in [0, 0.05) is 48.2 Å². The molecule has 4 unspecified atom stereocenters. The van der Waals surface area contributed by atoms with Gasteiger partial charge in [-0.05, 0) is 18.8 Å². The van der Waals surface area contributed by atoms with Gasteiger partial charge in [0.1, 0.15) is 0 Å². The van der Waals surface area contributed by atoms with Gasteiger partial charge < -0.3 is 9.47 Å². The monoisotopic (exact) mass is 304 g/mol. The molecule has 0 aromatic heterocycles. The molecule has 3 N–H and O–H groups in total. The number of thioether (sulfide) groups is 2. The second-order valence-corrected chi connectivity index (χ2v) is 8.26. The summed E-state index contributed by atoms with van der Waals surface area (Å²) in [6, 6.07) is 0.416. The van der Waals surface area contributed by atoms with Gasteiger partial charge in [0.15, 0.2) is 0 Å². The van der Waals surface area contributed by atoms with E-state index in [0.29, 0.717) is 17.2 Å². The number of nitrogens with one attached hydrogen (secondary N) is 1. The minimum absolute atomic E-state index is 0.00943. The standard InChI is InChI=1S/C13H24N2O2S2/c14-15-12(11-8-18-5-6-19-11)10-1-3-17-13(7-10)2-4-16-9-13/h10-12,15H,1-9,14H2. The Labute approximate surface area is 123 Å². The first-order valence-electron chi connectivity index (χ1n) is 7.20. The Kier molecular flexibility index (Phi) is 4.98. The smallest absolute Gasteiger partial charge is 0.0939 e. The first kappa shape index (κ1) is 14.5. The molecular formula is C13H24N2O2S2. The molecule has 1 spiro atoms. The highest BCUT2D eigenvalue weighted by atomic mass is 32.2. The lowest BCUT2D eigenvalue weighted by atomic mass is 9.80. The van der Waals surface area contributed by atoms with Crippen molar-refractivity contribution in [3.8, 4) is 0 Å². The molecule has 0 radical (unpaired) electrons. The molecule has 3 aliphatic heterocycles. The summed E-state index contributed by atoms with van der Waals surface area (Å²) in [6.45, 7) is 2.48. The van der Waals surface area contributed by atoms with Crippen molar-refractivity contribution in [1.29, 1.82) is 0 Å². The van der Waals surface area contributed by atoms with Crippen molar-refractivity contribution in [3.63, 3.8) is 0 Å². The molecule has 0 aliphatic carbocycles. The second kappa shape index (κ2) is 6.54. The van der Waals surface area contributed by atoms with Crippen LogP contribution in [-0.4, -0.2) is 54.0 Å². The van der Waals surface area contributed by atoms with E-state index >= 15 is 0 Å². The first-order chi connectivity index (χ1) is 9.33. The molecule has 3 rings (SSSR count). The average Bonchev–Trinajstić information content (AvgIpc) is 2.89. The highest BCUT2D eigenvalue weighted by Crippen LogP contribution is 2.40. The molecule has 0 aromatic carbocycles. The summed E-state index contributed by atoms with van der Waals surface area (Å²) in [4.78, 5) is 0. The van der Waals surface area contributed by atoms with E-state index in [9.17, 15) is 0 Å². The number of nitrogens with two attached hydrogens (primary N) is 1. The van der Waals surface area contributed by atoms with Gasteiger partial charge in [-0.2, -0.15) is 23.5 Å². The van der Waals surface area contributed by atoms with Gasteiger partial charge in [0.2, 0.25) is 0 Å². The molecule has 6 heteroatoms. The molecule has 3 heterocycles. The van der Waals surface area contributed by atoms with E-state index in [4.69, 9.17) is 15.3 Å². The van der Waals surface area contributed by atoms with E-state index in [1.165, 1.54) is 17.3 Å². The van der Waals surface area contributed by atoms with Crippen LogP contribution in [-0.2, 0) is 9.47 Å². The molecule has 3 fully saturated rings. The zero-order chi connectivity index (χ0) is 13.1. The highest BCUT2D eigenvalue weighted by Gasteiger charge is 2.44. The largest absolute Gasteiger partial charge is 0.378 e. The quantitative estimate of drug-likeness (QED) is 0.605. The maximum absolute atomic E-state index is 6.03. The van der Waals surface area contributed by atoms with Crippen molar-refractivity contribution in [1.82, 2.24) is 5.43 Å². The van der Waals surface area contributed by atoms with Crippen molar-refractivity contribution in [2.75, 3.05) is 37.1 Å². The van der Waals surface area contributed by atoms with E-state index < -0.39 is 0 Å². The van der Waals surface area contributed by atoms with Crippen LogP contribution in [0.1, 0.15) is 19.3 Å². The predicted octanol–water partition coefficient (Wildman–Crippen LogP) is 1.25. The third-order valence-electron chi connectivity index (χ3n) is 4.54. The fourth-order valence-corrected chi connectivity index (χ4v) is 6.44. The van der Waals surface area contributed by atoms with E-state index in [1.807, 2.05) is 0 Å². The van der Waals surface area contributed by atoms with Gasteiger partial charge in [0.25, 0.3) is 0 Å². The molecule has 4 nitrogen and oxygen atoms in total. The van der Waals surface area contributed by atoms with Gasteiger partial charge in [-0.25, -0.2) is 0 Å². The van der Waals surface area contributed by atoms with Crippen molar-refractivity contribution >= 4 is 23.5 Å². The van der Waals surface area contributed by atoms with Gasteiger partial charge in [0.05, 0.1) is 12.2 Å². The summed E-state index contributed by atoms with van der Waals surface area (Å²) in [7, 11) is 0. The van der Waals surface area contributed by atoms with E-state index in [1.54, 1.807) is 0 Å². The molecule has 3 saturated heterocycles. The first-order valence-corrected chi connectivity index (χ1v) is 9.40. The van der Waals surface area contributed by atoms with Crippen LogP contribution in [0.2, 0.25) is 0 Å². The summed E-state index contributed by atoms with van der Waals surface area (Å²) >= 11 is 4.15. The van der Waals surface area contributed by atoms with Crippen LogP contribution in [0.3, 0.4) is 0 Å². The molecule has 0 bridgehead atoms. The third kappa shape index (κ3) is 3.24. The van der Waals surface area contributed by atoms with E-state index in [-0.39, 0.29) is 5.60 Å². The van der Waals surface area contributed by atoms with Gasteiger partial charge >= 0.3 is 0 Å². The Balaban J connectivity index is 1.64.